The van der Waals surface area contributed by atoms with E-state index < -0.39 is 11.4 Å². The summed E-state index contributed by atoms with van der Waals surface area (Å²) >= 11 is 0. The standard InChI is InChI=1S/C17H21N3O3/c1-11-3-5-20(7-11)13-6-12(2-4-18-13)14(21)19-17-8-16(9-17,10-17)15(22)23/h2,4,6,11H,3,5,7-10H2,1H3,(H,19,21)(H,22,23). The van der Waals surface area contributed by atoms with Crippen LogP contribution in [-0.4, -0.2) is 40.6 Å². The van der Waals surface area contributed by atoms with Crippen LogP contribution in [0.1, 0.15) is 43.0 Å². The van der Waals surface area contributed by atoms with Crippen molar-refractivity contribution in [3.63, 3.8) is 0 Å². The van der Waals surface area contributed by atoms with Crippen molar-refractivity contribution in [2.75, 3.05) is 18.0 Å². The van der Waals surface area contributed by atoms with Crippen molar-refractivity contribution in [3.8, 4) is 0 Å². The van der Waals surface area contributed by atoms with E-state index in [4.69, 9.17) is 5.11 Å². The molecule has 2 N–H and O–H groups in total. The van der Waals surface area contributed by atoms with Gasteiger partial charge in [-0.15, -0.1) is 0 Å². The van der Waals surface area contributed by atoms with E-state index in [-0.39, 0.29) is 11.4 Å². The molecule has 4 aliphatic rings. The maximum atomic E-state index is 12.5. The molecule has 6 nitrogen and oxygen atoms in total. The van der Waals surface area contributed by atoms with E-state index in [0.717, 1.165) is 25.3 Å². The zero-order valence-electron chi connectivity index (χ0n) is 13.2. The number of aliphatic carboxylic acids is 1. The van der Waals surface area contributed by atoms with Crippen molar-refractivity contribution in [1.82, 2.24) is 10.3 Å². The number of carbonyl (C=O) groups excluding carboxylic acids is 1. The number of amides is 1. The SMILES string of the molecule is CC1CCN(c2cc(C(=O)NC34CC(C(=O)O)(C3)C4)ccn2)C1. The third kappa shape index (κ3) is 2.19. The average Bonchev–Trinajstić information content (AvgIpc) is 2.87. The Balaban J connectivity index is 1.43. The highest BCUT2D eigenvalue weighted by atomic mass is 16.4. The van der Waals surface area contributed by atoms with Crippen LogP contribution in [0.25, 0.3) is 0 Å². The van der Waals surface area contributed by atoms with Gasteiger partial charge in [-0.1, -0.05) is 6.92 Å². The Bertz CT molecular complexity index is 668. The minimum atomic E-state index is -0.733. The Morgan fingerprint density at radius 2 is 2.13 bits per heavy atom. The lowest BCUT2D eigenvalue weighted by Crippen LogP contribution is -2.77. The molecule has 1 amide bonds. The summed E-state index contributed by atoms with van der Waals surface area (Å²) in [5, 5.41) is 12.2. The Kier molecular flexibility index (Phi) is 2.95. The zero-order valence-corrected chi connectivity index (χ0v) is 13.2. The summed E-state index contributed by atoms with van der Waals surface area (Å²) in [5.41, 5.74) is -0.257. The maximum absolute atomic E-state index is 12.5. The van der Waals surface area contributed by atoms with Crippen molar-refractivity contribution in [3.05, 3.63) is 23.9 Å². The van der Waals surface area contributed by atoms with Crippen molar-refractivity contribution in [2.45, 2.75) is 38.1 Å². The lowest BCUT2D eigenvalue weighted by Gasteiger charge is -2.67. The molecule has 6 heteroatoms. The monoisotopic (exact) mass is 315 g/mol. The molecule has 5 rings (SSSR count). The van der Waals surface area contributed by atoms with Crippen molar-refractivity contribution >= 4 is 17.7 Å². The summed E-state index contributed by atoms with van der Waals surface area (Å²) in [7, 11) is 0. The predicted molar refractivity (Wildman–Crippen MR) is 84.3 cm³/mol. The first kappa shape index (κ1) is 14.5. The highest BCUT2D eigenvalue weighted by molar-refractivity contribution is 5.96. The van der Waals surface area contributed by atoms with Crippen LogP contribution in [0.3, 0.4) is 0 Å². The molecule has 4 fully saturated rings. The first-order valence-corrected chi connectivity index (χ1v) is 8.18. The molecule has 1 atom stereocenters. The number of aromatic nitrogens is 1. The van der Waals surface area contributed by atoms with Crippen LogP contribution in [-0.2, 0) is 4.79 Å². The number of hydrogen-bond donors (Lipinski definition) is 2. The van der Waals surface area contributed by atoms with Gasteiger partial charge in [0.15, 0.2) is 0 Å². The van der Waals surface area contributed by atoms with Crippen LogP contribution in [0.2, 0.25) is 0 Å². The van der Waals surface area contributed by atoms with Crippen LogP contribution in [0.5, 0.6) is 0 Å². The Morgan fingerprint density at radius 3 is 2.74 bits per heavy atom. The van der Waals surface area contributed by atoms with E-state index in [1.165, 1.54) is 0 Å². The highest BCUT2D eigenvalue weighted by Crippen LogP contribution is 2.67. The minimum Gasteiger partial charge on any atom is -0.481 e. The molecule has 3 saturated carbocycles. The van der Waals surface area contributed by atoms with Gasteiger partial charge in [0.05, 0.1) is 5.41 Å². The smallest absolute Gasteiger partial charge is 0.309 e. The molecule has 1 aromatic heterocycles. The summed E-state index contributed by atoms with van der Waals surface area (Å²) in [6.45, 7) is 4.17. The fraction of sp³-hybridized carbons (Fsp3) is 0.588. The normalized spacial score (nSPS) is 34.5. The number of pyridine rings is 1. The molecule has 122 valence electrons. The topological polar surface area (TPSA) is 82.5 Å². The van der Waals surface area contributed by atoms with Gasteiger partial charge >= 0.3 is 5.97 Å². The third-order valence-corrected chi connectivity index (χ3v) is 5.62. The number of nitrogens with zero attached hydrogens (tertiary/aromatic N) is 2. The van der Waals surface area contributed by atoms with Gasteiger partial charge in [0.1, 0.15) is 5.82 Å². The Hall–Kier alpha value is -2.11. The maximum Gasteiger partial charge on any atom is 0.309 e. The van der Waals surface area contributed by atoms with Crippen molar-refractivity contribution in [2.24, 2.45) is 11.3 Å². The highest BCUT2D eigenvalue weighted by Gasteiger charge is 2.72. The summed E-state index contributed by atoms with van der Waals surface area (Å²) in [4.78, 5) is 30.2. The zero-order chi connectivity index (χ0) is 16.2. The first-order valence-electron chi connectivity index (χ1n) is 8.18. The van der Waals surface area contributed by atoms with Crippen LogP contribution in [0, 0.1) is 11.3 Å². The molecule has 0 spiro atoms. The summed E-state index contributed by atoms with van der Waals surface area (Å²) in [6.07, 6.45) is 4.50. The number of rotatable bonds is 4. The number of anilines is 1. The van der Waals surface area contributed by atoms with Gasteiger partial charge in [0.25, 0.3) is 5.91 Å². The molecule has 0 radical (unpaired) electrons. The van der Waals surface area contributed by atoms with Crippen LogP contribution >= 0.6 is 0 Å². The molecule has 2 bridgehead atoms. The molecule has 23 heavy (non-hydrogen) atoms. The summed E-state index contributed by atoms with van der Waals surface area (Å²) in [5.74, 6) is 0.645. The number of carboxylic acids is 1. The van der Waals surface area contributed by atoms with E-state index in [9.17, 15) is 9.59 Å². The van der Waals surface area contributed by atoms with E-state index in [1.807, 2.05) is 6.07 Å². The second-order valence-electron chi connectivity index (χ2n) is 7.59. The molecule has 1 saturated heterocycles. The number of hydrogen-bond acceptors (Lipinski definition) is 4. The van der Waals surface area contributed by atoms with Crippen LogP contribution in [0.4, 0.5) is 5.82 Å². The molecule has 0 aromatic carbocycles. The number of carbonyl (C=O) groups is 2. The molecule has 1 unspecified atom stereocenters. The van der Waals surface area contributed by atoms with Gasteiger partial charge in [0, 0.05) is 30.4 Å². The largest absolute Gasteiger partial charge is 0.481 e. The van der Waals surface area contributed by atoms with Crippen molar-refractivity contribution < 1.29 is 14.7 Å². The molecule has 2 heterocycles. The van der Waals surface area contributed by atoms with E-state index >= 15 is 0 Å². The van der Waals surface area contributed by atoms with E-state index in [1.54, 1.807) is 12.3 Å². The Morgan fingerprint density at radius 1 is 1.39 bits per heavy atom. The van der Waals surface area contributed by atoms with Gasteiger partial charge in [-0.05, 0) is 43.7 Å². The van der Waals surface area contributed by atoms with Gasteiger partial charge in [0.2, 0.25) is 0 Å². The first-order chi connectivity index (χ1) is 10.9. The molecular formula is C17H21N3O3. The van der Waals surface area contributed by atoms with Gasteiger partial charge in [-0.2, -0.15) is 0 Å². The van der Waals surface area contributed by atoms with Crippen molar-refractivity contribution in [1.29, 1.82) is 0 Å². The average molecular weight is 315 g/mol. The lowest BCUT2D eigenvalue weighted by atomic mass is 9.39. The second-order valence-corrected chi connectivity index (χ2v) is 7.59. The molecule has 1 aliphatic heterocycles. The van der Waals surface area contributed by atoms with Crippen LogP contribution in [0.15, 0.2) is 18.3 Å². The van der Waals surface area contributed by atoms with E-state index in [2.05, 4.69) is 22.1 Å². The van der Waals surface area contributed by atoms with Crippen LogP contribution < -0.4 is 10.2 Å². The summed E-state index contributed by atoms with van der Waals surface area (Å²) < 4.78 is 0. The number of carboxylic acid groups (broad SMARTS) is 1. The molecular weight excluding hydrogens is 294 g/mol. The second kappa shape index (κ2) is 4.69. The van der Waals surface area contributed by atoms with E-state index in [0.29, 0.717) is 30.7 Å². The van der Waals surface area contributed by atoms with Gasteiger partial charge in [-0.3, -0.25) is 9.59 Å². The predicted octanol–water partition coefficient (Wildman–Crippen LogP) is 1.66. The fourth-order valence-corrected chi connectivity index (χ4v) is 4.34. The van der Waals surface area contributed by atoms with Gasteiger partial charge < -0.3 is 15.3 Å². The third-order valence-electron chi connectivity index (χ3n) is 5.62. The Labute approximate surface area is 134 Å². The molecule has 3 aliphatic carbocycles. The minimum absolute atomic E-state index is 0.125. The lowest BCUT2D eigenvalue weighted by molar-refractivity contribution is -0.196. The summed E-state index contributed by atoms with van der Waals surface area (Å²) in [6, 6.07) is 3.56. The quantitative estimate of drug-likeness (QED) is 0.883. The van der Waals surface area contributed by atoms with Gasteiger partial charge in [-0.25, -0.2) is 4.98 Å². The molecule has 1 aromatic rings. The fourth-order valence-electron chi connectivity index (χ4n) is 4.34. The number of nitrogens with one attached hydrogen (secondary N) is 1.